The molecule has 0 aromatic rings. The molecule has 0 unspecified atom stereocenters. The number of hydrogen-bond donors (Lipinski definition) is 1. The van der Waals surface area contributed by atoms with Crippen LogP contribution in [0.25, 0.3) is 0 Å². The second-order valence-electron chi connectivity index (χ2n) is 3.52. The third kappa shape index (κ3) is 2.31. The number of hydrogen-bond acceptors (Lipinski definition) is 2. The number of ether oxygens (including phenoxy) is 1. The largest absolute Gasteiger partial charge is 0.373 e. The fourth-order valence-electron chi connectivity index (χ4n) is 1.38. The normalized spacial score (nSPS) is 21.2. The predicted molar refractivity (Wildman–Crippen MR) is 53.8 cm³/mol. The molecular weight excluding hydrogens is 164 g/mol. The Hall–Kier alpha value is -0.830. The molecule has 1 saturated heterocycles. The summed E-state index contributed by atoms with van der Waals surface area (Å²) in [5.74, 6) is 0.976. The highest BCUT2D eigenvalue weighted by atomic mass is 16.5. The van der Waals surface area contributed by atoms with Crippen LogP contribution in [0.4, 0.5) is 0 Å². The summed E-state index contributed by atoms with van der Waals surface area (Å²) in [5, 5.41) is 7.90. The van der Waals surface area contributed by atoms with E-state index >= 15 is 0 Å². The molecule has 1 heterocycles. The molecule has 0 spiro atoms. The van der Waals surface area contributed by atoms with E-state index in [4.69, 9.17) is 10.1 Å². The van der Waals surface area contributed by atoms with Gasteiger partial charge in [0.1, 0.15) is 5.84 Å². The van der Waals surface area contributed by atoms with Crippen LogP contribution in [0, 0.1) is 11.3 Å². The van der Waals surface area contributed by atoms with E-state index in [-0.39, 0.29) is 5.92 Å². The van der Waals surface area contributed by atoms with Gasteiger partial charge in [0, 0.05) is 18.2 Å². The Balaban J connectivity index is 2.70. The third-order valence-corrected chi connectivity index (χ3v) is 2.23. The molecule has 3 heteroatoms. The van der Waals surface area contributed by atoms with Gasteiger partial charge in [0.25, 0.3) is 0 Å². The summed E-state index contributed by atoms with van der Waals surface area (Å²) in [6.45, 7) is 8.27. The van der Waals surface area contributed by atoms with Crippen molar-refractivity contribution in [2.75, 3.05) is 19.8 Å². The molecule has 1 aliphatic rings. The van der Waals surface area contributed by atoms with Gasteiger partial charge in [0.15, 0.2) is 0 Å². The van der Waals surface area contributed by atoms with Gasteiger partial charge in [-0.25, -0.2) is 0 Å². The number of amidine groups is 1. The fraction of sp³-hybridized carbons (Fsp3) is 0.700. The molecule has 74 valence electrons. The smallest absolute Gasteiger partial charge is 0.103 e. The summed E-state index contributed by atoms with van der Waals surface area (Å²) in [5.41, 5.74) is 1.12. The lowest BCUT2D eigenvalue weighted by Gasteiger charge is -2.33. The first-order chi connectivity index (χ1) is 6.16. The lowest BCUT2D eigenvalue weighted by atomic mass is 10.1. The van der Waals surface area contributed by atoms with Gasteiger partial charge in [-0.1, -0.05) is 19.9 Å². The Bertz CT molecular complexity index is 221. The van der Waals surface area contributed by atoms with Crippen molar-refractivity contribution < 1.29 is 4.74 Å². The Morgan fingerprint density at radius 3 is 2.85 bits per heavy atom. The molecule has 0 atom stereocenters. The van der Waals surface area contributed by atoms with Gasteiger partial charge in [-0.2, -0.15) is 0 Å². The van der Waals surface area contributed by atoms with Gasteiger partial charge in [-0.3, -0.25) is 5.41 Å². The monoisotopic (exact) mass is 182 g/mol. The number of morpholine rings is 1. The predicted octanol–water partition coefficient (Wildman–Crippen LogP) is 1.86. The van der Waals surface area contributed by atoms with E-state index in [1.165, 1.54) is 0 Å². The van der Waals surface area contributed by atoms with Gasteiger partial charge in [-0.15, -0.1) is 0 Å². The molecule has 1 N–H and O–H groups in total. The summed E-state index contributed by atoms with van der Waals surface area (Å²) < 4.78 is 5.33. The first-order valence-corrected chi connectivity index (χ1v) is 4.75. The van der Waals surface area contributed by atoms with Crippen molar-refractivity contribution in [3.05, 3.63) is 11.8 Å². The van der Waals surface area contributed by atoms with Crippen LogP contribution >= 0.6 is 0 Å². The van der Waals surface area contributed by atoms with Crippen LogP contribution in [-0.4, -0.2) is 30.5 Å². The maximum atomic E-state index is 7.90. The van der Waals surface area contributed by atoms with Crippen LogP contribution in [-0.2, 0) is 4.74 Å². The quantitative estimate of drug-likeness (QED) is 0.496. The van der Waals surface area contributed by atoms with Crippen LogP contribution in [0.5, 0.6) is 0 Å². The zero-order valence-corrected chi connectivity index (χ0v) is 8.63. The van der Waals surface area contributed by atoms with Crippen molar-refractivity contribution in [1.82, 2.24) is 4.90 Å². The van der Waals surface area contributed by atoms with Crippen molar-refractivity contribution in [1.29, 1.82) is 5.41 Å². The molecule has 1 fully saturated rings. The molecule has 3 nitrogen and oxygen atoms in total. The summed E-state index contributed by atoms with van der Waals surface area (Å²) >= 11 is 0. The fourth-order valence-corrected chi connectivity index (χ4v) is 1.38. The lowest BCUT2D eigenvalue weighted by molar-refractivity contribution is 0.0969. The van der Waals surface area contributed by atoms with Gasteiger partial charge in [0.2, 0.25) is 0 Å². The summed E-state index contributed by atoms with van der Waals surface area (Å²) in [6.07, 6.45) is 2.02. The van der Waals surface area contributed by atoms with E-state index in [0.717, 1.165) is 18.8 Å². The Kier molecular flexibility index (Phi) is 3.48. The van der Waals surface area contributed by atoms with Crippen LogP contribution in [0.2, 0.25) is 0 Å². The molecule has 0 aromatic carbocycles. The highest BCUT2D eigenvalue weighted by molar-refractivity contribution is 5.82. The van der Waals surface area contributed by atoms with Crippen molar-refractivity contribution >= 4 is 5.84 Å². The molecule has 0 aromatic heterocycles. The van der Waals surface area contributed by atoms with Crippen molar-refractivity contribution in [2.24, 2.45) is 5.92 Å². The van der Waals surface area contributed by atoms with Crippen molar-refractivity contribution in [3.8, 4) is 0 Å². The minimum Gasteiger partial charge on any atom is -0.373 e. The molecule has 1 rings (SSSR count). The zero-order valence-electron chi connectivity index (χ0n) is 8.63. The van der Waals surface area contributed by atoms with E-state index < -0.39 is 0 Å². The highest BCUT2D eigenvalue weighted by Crippen LogP contribution is 2.14. The first kappa shape index (κ1) is 10.3. The second kappa shape index (κ2) is 4.42. The van der Waals surface area contributed by atoms with Crippen LogP contribution in [0.15, 0.2) is 11.8 Å². The van der Waals surface area contributed by atoms with Crippen LogP contribution < -0.4 is 0 Å². The maximum absolute atomic E-state index is 7.90. The minimum absolute atomic E-state index is 0.285. The van der Waals surface area contributed by atoms with E-state index in [9.17, 15) is 0 Å². The van der Waals surface area contributed by atoms with E-state index in [1.807, 2.05) is 31.7 Å². The Labute approximate surface area is 79.9 Å². The molecule has 13 heavy (non-hydrogen) atoms. The number of allylic oxidation sites excluding steroid dienone is 1. The van der Waals surface area contributed by atoms with E-state index in [0.29, 0.717) is 12.4 Å². The van der Waals surface area contributed by atoms with E-state index in [2.05, 4.69) is 0 Å². The molecule has 0 bridgehead atoms. The average Bonchev–Trinajstić information content (AvgIpc) is 2.16. The molecule has 1 aliphatic heterocycles. The maximum Gasteiger partial charge on any atom is 0.103 e. The van der Waals surface area contributed by atoms with Crippen molar-refractivity contribution in [2.45, 2.75) is 20.8 Å². The Morgan fingerprint density at radius 2 is 2.31 bits per heavy atom. The second-order valence-corrected chi connectivity index (χ2v) is 3.52. The minimum atomic E-state index is 0.285. The molecule has 0 radical (unpaired) electrons. The number of nitrogens with zero attached hydrogens (tertiary/aromatic N) is 1. The summed E-state index contributed by atoms with van der Waals surface area (Å²) in [6, 6.07) is 0. The summed E-state index contributed by atoms with van der Waals surface area (Å²) in [4.78, 5) is 2.05. The first-order valence-electron chi connectivity index (χ1n) is 4.75. The highest BCUT2D eigenvalue weighted by Gasteiger charge is 2.19. The third-order valence-electron chi connectivity index (χ3n) is 2.23. The van der Waals surface area contributed by atoms with Gasteiger partial charge in [-0.05, 0) is 6.92 Å². The molecule has 0 amide bonds. The van der Waals surface area contributed by atoms with Gasteiger partial charge < -0.3 is 9.64 Å². The van der Waals surface area contributed by atoms with Gasteiger partial charge >= 0.3 is 0 Å². The lowest BCUT2D eigenvalue weighted by Crippen LogP contribution is -2.40. The molecule has 0 aliphatic carbocycles. The van der Waals surface area contributed by atoms with E-state index in [1.54, 1.807) is 0 Å². The molecule has 0 saturated carbocycles. The van der Waals surface area contributed by atoms with Crippen molar-refractivity contribution in [3.63, 3.8) is 0 Å². The van der Waals surface area contributed by atoms with Crippen LogP contribution in [0.3, 0.4) is 0 Å². The standard InChI is InChI=1S/C10H18N2O/c1-4-9-7-13-6-5-12(9)10(11)8(2)3/h4,8,11H,5-7H2,1-3H3/b9-4-,11-10?. The topological polar surface area (TPSA) is 36.3 Å². The average molecular weight is 182 g/mol. The summed E-state index contributed by atoms with van der Waals surface area (Å²) in [7, 11) is 0. The Morgan fingerprint density at radius 1 is 1.62 bits per heavy atom. The van der Waals surface area contributed by atoms with Gasteiger partial charge in [0.05, 0.1) is 13.2 Å². The molecular formula is C10H18N2O. The number of nitrogens with one attached hydrogen (secondary N) is 1. The SMILES string of the molecule is C/C=C1/COCCN1C(=N)C(C)C. The van der Waals surface area contributed by atoms with Crippen LogP contribution in [0.1, 0.15) is 20.8 Å². The number of rotatable bonds is 1. The zero-order chi connectivity index (χ0) is 9.84.